The molecule has 5 nitrogen and oxygen atoms in total. The Kier molecular flexibility index (Phi) is 4.06. The van der Waals surface area contributed by atoms with Gasteiger partial charge in [0, 0.05) is 24.7 Å². The molecule has 0 amide bonds. The minimum absolute atomic E-state index is 0.742. The average molecular weight is 323 g/mol. The summed E-state index contributed by atoms with van der Waals surface area (Å²) in [5.74, 6) is 1.84. The SMILES string of the molecule is c1ccc(-c2nccc(Sc3nnc4n3CCCCC4)n2)cc1. The maximum atomic E-state index is 4.66. The van der Waals surface area contributed by atoms with Crippen LogP contribution in [-0.2, 0) is 13.0 Å². The molecule has 0 N–H and O–H groups in total. The van der Waals surface area contributed by atoms with Crippen LogP contribution in [0.25, 0.3) is 11.4 Å². The van der Waals surface area contributed by atoms with E-state index in [1.807, 2.05) is 36.4 Å². The first kappa shape index (κ1) is 14.4. The maximum Gasteiger partial charge on any atom is 0.197 e. The average Bonchev–Trinajstić information content (AvgIpc) is 2.83. The molecule has 0 unspecified atom stereocenters. The topological polar surface area (TPSA) is 56.5 Å². The second-order valence-corrected chi connectivity index (χ2v) is 6.54. The number of rotatable bonds is 3. The molecule has 0 saturated heterocycles. The van der Waals surface area contributed by atoms with Crippen molar-refractivity contribution in [2.75, 3.05) is 0 Å². The zero-order chi connectivity index (χ0) is 15.5. The molecule has 3 heterocycles. The maximum absolute atomic E-state index is 4.66. The van der Waals surface area contributed by atoms with E-state index in [1.54, 1.807) is 18.0 Å². The first-order valence-electron chi connectivity index (χ1n) is 7.88. The van der Waals surface area contributed by atoms with E-state index in [9.17, 15) is 0 Å². The standard InChI is InChI=1S/C17H17N5S/c1-3-7-13(8-4-1)16-18-11-10-15(19-16)23-17-21-20-14-9-5-2-6-12-22(14)17/h1,3-4,7-8,10-11H,2,5-6,9,12H2. The Labute approximate surface area is 139 Å². The molecule has 0 fully saturated rings. The molecule has 116 valence electrons. The molecule has 1 aliphatic rings. The first-order valence-corrected chi connectivity index (χ1v) is 8.70. The van der Waals surface area contributed by atoms with Gasteiger partial charge in [-0.1, -0.05) is 36.8 Å². The lowest BCUT2D eigenvalue weighted by atomic mass is 10.2. The molecular weight excluding hydrogens is 306 g/mol. The van der Waals surface area contributed by atoms with E-state index in [0.29, 0.717) is 0 Å². The molecule has 1 aliphatic heterocycles. The largest absolute Gasteiger partial charge is 0.306 e. The zero-order valence-electron chi connectivity index (χ0n) is 12.7. The van der Waals surface area contributed by atoms with E-state index >= 15 is 0 Å². The van der Waals surface area contributed by atoms with Crippen LogP contribution in [0.3, 0.4) is 0 Å². The molecule has 4 rings (SSSR count). The number of fused-ring (bicyclic) bond motifs is 1. The van der Waals surface area contributed by atoms with E-state index in [1.165, 1.54) is 19.3 Å². The van der Waals surface area contributed by atoms with Crippen LogP contribution in [0.2, 0.25) is 0 Å². The monoisotopic (exact) mass is 323 g/mol. The molecule has 23 heavy (non-hydrogen) atoms. The molecule has 0 aliphatic carbocycles. The smallest absolute Gasteiger partial charge is 0.197 e. The number of nitrogens with zero attached hydrogens (tertiary/aromatic N) is 5. The Hall–Kier alpha value is -2.21. The summed E-state index contributed by atoms with van der Waals surface area (Å²) in [7, 11) is 0. The van der Waals surface area contributed by atoms with Crippen LogP contribution in [0.5, 0.6) is 0 Å². The van der Waals surface area contributed by atoms with Gasteiger partial charge in [0.05, 0.1) is 0 Å². The van der Waals surface area contributed by atoms with Gasteiger partial charge >= 0.3 is 0 Å². The first-order chi connectivity index (χ1) is 11.4. The van der Waals surface area contributed by atoms with Crippen LogP contribution in [-0.4, -0.2) is 24.7 Å². The third-order valence-corrected chi connectivity index (χ3v) is 4.85. The zero-order valence-corrected chi connectivity index (χ0v) is 13.5. The van der Waals surface area contributed by atoms with Gasteiger partial charge in [-0.05, 0) is 30.7 Å². The van der Waals surface area contributed by atoms with Crippen molar-refractivity contribution >= 4 is 11.8 Å². The third-order valence-electron chi connectivity index (χ3n) is 3.93. The van der Waals surface area contributed by atoms with Crippen molar-refractivity contribution in [2.45, 2.75) is 42.4 Å². The summed E-state index contributed by atoms with van der Waals surface area (Å²) in [6.45, 7) is 1.00. The van der Waals surface area contributed by atoms with Gasteiger partial charge in [-0.3, -0.25) is 0 Å². The highest BCUT2D eigenvalue weighted by Crippen LogP contribution is 2.28. The molecule has 0 saturated carbocycles. The van der Waals surface area contributed by atoms with Crippen molar-refractivity contribution in [3.05, 3.63) is 48.4 Å². The van der Waals surface area contributed by atoms with Crippen molar-refractivity contribution in [3.8, 4) is 11.4 Å². The molecule has 0 atom stereocenters. The predicted molar refractivity (Wildman–Crippen MR) is 89.2 cm³/mol. The van der Waals surface area contributed by atoms with Crippen molar-refractivity contribution in [2.24, 2.45) is 0 Å². The van der Waals surface area contributed by atoms with Gasteiger partial charge in [-0.25, -0.2) is 9.97 Å². The summed E-state index contributed by atoms with van der Waals surface area (Å²) in [6, 6.07) is 12.0. The Morgan fingerprint density at radius 3 is 2.78 bits per heavy atom. The molecule has 0 spiro atoms. The lowest BCUT2D eigenvalue weighted by Gasteiger charge is -2.06. The molecular formula is C17H17N5S. The number of aryl methyl sites for hydroxylation is 1. The van der Waals surface area contributed by atoms with Gasteiger partial charge in [0.2, 0.25) is 0 Å². The highest BCUT2D eigenvalue weighted by molar-refractivity contribution is 7.99. The minimum Gasteiger partial charge on any atom is -0.306 e. The van der Waals surface area contributed by atoms with Gasteiger partial charge in [0.25, 0.3) is 0 Å². The van der Waals surface area contributed by atoms with Crippen LogP contribution < -0.4 is 0 Å². The van der Waals surface area contributed by atoms with Gasteiger partial charge < -0.3 is 4.57 Å². The summed E-state index contributed by atoms with van der Waals surface area (Å²) in [5.41, 5.74) is 1.02. The van der Waals surface area contributed by atoms with Gasteiger partial charge in [0.1, 0.15) is 10.9 Å². The lowest BCUT2D eigenvalue weighted by Crippen LogP contribution is -2.02. The Balaban J connectivity index is 1.62. The molecule has 3 aromatic rings. The van der Waals surface area contributed by atoms with Crippen LogP contribution in [0.4, 0.5) is 0 Å². The third kappa shape index (κ3) is 3.12. The van der Waals surface area contributed by atoms with Crippen LogP contribution in [0.1, 0.15) is 25.1 Å². The highest BCUT2D eigenvalue weighted by atomic mass is 32.2. The van der Waals surface area contributed by atoms with Crippen molar-refractivity contribution in [3.63, 3.8) is 0 Å². The van der Waals surface area contributed by atoms with Crippen molar-refractivity contribution in [1.29, 1.82) is 0 Å². The lowest BCUT2D eigenvalue weighted by molar-refractivity contribution is 0.590. The van der Waals surface area contributed by atoms with Crippen molar-refractivity contribution < 1.29 is 0 Å². The molecule has 6 heteroatoms. The fourth-order valence-electron chi connectivity index (χ4n) is 2.75. The number of benzene rings is 1. The molecule has 1 aromatic carbocycles. The number of aromatic nitrogens is 5. The molecule has 0 radical (unpaired) electrons. The quantitative estimate of drug-likeness (QED) is 0.689. The predicted octanol–water partition coefficient (Wildman–Crippen LogP) is 3.61. The second-order valence-electron chi connectivity index (χ2n) is 5.55. The molecule has 2 aromatic heterocycles. The molecule has 0 bridgehead atoms. The van der Waals surface area contributed by atoms with E-state index in [-0.39, 0.29) is 0 Å². The van der Waals surface area contributed by atoms with Crippen LogP contribution in [0, 0.1) is 0 Å². The van der Waals surface area contributed by atoms with Gasteiger partial charge in [-0.2, -0.15) is 0 Å². The summed E-state index contributed by atoms with van der Waals surface area (Å²) in [6.07, 6.45) is 6.48. The Morgan fingerprint density at radius 1 is 0.957 bits per heavy atom. The van der Waals surface area contributed by atoms with Crippen molar-refractivity contribution in [1.82, 2.24) is 24.7 Å². The summed E-state index contributed by atoms with van der Waals surface area (Å²) in [4.78, 5) is 9.04. The summed E-state index contributed by atoms with van der Waals surface area (Å²) < 4.78 is 2.24. The van der Waals surface area contributed by atoms with Gasteiger partial charge in [-0.15, -0.1) is 10.2 Å². The summed E-state index contributed by atoms with van der Waals surface area (Å²) >= 11 is 1.57. The minimum atomic E-state index is 0.742. The Bertz CT molecular complexity index is 800. The second kappa shape index (κ2) is 6.50. The van der Waals surface area contributed by atoms with E-state index < -0.39 is 0 Å². The fraction of sp³-hybridized carbons (Fsp3) is 0.294. The van der Waals surface area contributed by atoms with Crippen LogP contribution >= 0.6 is 11.8 Å². The normalized spacial score (nSPS) is 14.3. The van der Waals surface area contributed by atoms with E-state index in [4.69, 9.17) is 0 Å². The number of hydrogen-bond acceptors (Lipinski definition) is 5. The Morgan fingerprint density at radius 2 is 1.87 bits per heavy atom. The van der Waals surface area contributed by atoms with E-state index in [2.05, 4.69) is 24.7 Å². The van der Waals surface area contributed by atoms with Gasteiger partial charge in [0.15, 0.2) is 11.0 Å². The summed E-state index contributed by atoms with van der Waals surface area (Å²) in [5, 5.41) is 10.5. The number of hydrogen-bond donors (Lipinski definition) is 0. The highest BCUT2D eigenvalue weighted by Gasteiger charge is 2.16. The fourth-order valence-corrected chi connectivity index (χ4v) is 3.59. The van der Waals surface area contributed by atoms with Crippen LogP contribution in [0.15, 0.2) is 52.8 Å². The van der Waals surface area contributed by atoms with E-state index in [0.717, 1.165) is 40.4 Å².